The number of anilines is 1. The van der Waals surface area contributed by atoms with Crippen LogP contribution in [0.15, 0.2) is 18.2 Å². The summed E-state index contributed by atoms with van der Waals surface area (Å²) in [6.45, 7) is 4.08. The largest absolute Gasteiger partial charge is 0.380 e. The summed E-state index contributed by atoms with van der Waals surface area (Å²) in [6, 6.07) is 5.77. The van der Waals surface area contributed by atoms with Crippen LogP contribution in [0.3, 0.4) is 0 Å². The van der Waals surface area contributed by atoms with Gasteiger partial charge < -0.3 is 10.2 Å². The van der Waals surface area contributed by atoms with Gasteiger partial charge >= 0.3 is 0 Å². The molecule has 1 aromatic carbocycles. The van der Waals surface area contributed by atoms with Crippen LogP contribution in [-0.4, -0.2) is 31.1 Å². The maximum absolute atomic E-state index is 13.6. The van der Waals surface area contributed by atoms with Crippen molar-refractivity contribution in [2.24, 2.45) is 0 Å². The molecule has 0 unspecified atom stereocenters. The molecule has 1 aromatic rings. The van der Waals surface area contributed by atoms with E-state index in [4.69, 9.17) is 0 Å². The first-order chi connectivity index (χ1) is 7.65. The number of nitrogens with one attached hydrogen (secondary N) is 1. The van der Waals surface area contributed by atoms with Crippen molar-refractivity contribution < 1.29 is 4.39 Å². The van der Waals surface area contributed by atoms with E-state index < -0.39 is 0 Å². The van der Waals surface area contributed by atoms with E-state index >= 15 is 0 Å². The molecule has 0 aliphatic carbocycles. The van der Waals surface area contributed by atoms with Crippen molar-refractivity contribution in [3.05, 3.63) is 29.6 Å². The molecule has 88 valence electrons. The predicted molar refractivity (Wildman–Crippen MR) is 65.3 cm³/mol. The summed E-state index contributed by atoms with van der Waals surface area (Å²) in [5, 5.41) is 3.30. The van der Waals surface area contributed by atoms with Crippen molar-refractivity contribution in [2.45, 2.75) is 25.8 Å². The van der Waals surface area contributed by atoms with Gasteiger partial charge in [-0.05, 0) is 57.6 Å². The number of aryl methyl sites for hydroxylation is 1. The summed E-state index contributed by atoms with van der Waals surface area (Å²) in [6.07, 6.45) is 2.17. The Balaban J connectivity index is 1.98. The van der Waals surface area contributed by atoms with Crippen molar-refractivity contribution in [3.63, 3.8) is 0 Å². The Labute approximate surface area is 96.5 Å². The zero-order chi connectivity index (χ0) is 11.5. The van der Waals surface area contributed by atoms with Gasteiger partial charge in [-0.25, -0.2) is 4.39 Å². The van der Waals surface area contributed by atoms with Gasteiger partial charge in [0, 0.05) is 6.04 Å². The van der Waals surface area contributed by atoms with Crippen LogP contribution in [0.25, 0.3) is 0 Å². The van der Waals surface area contributed by atoms with E-state index in [1.807, 2.05) is 19.1 Å². The molecule has 2 rings (SSSR count). The molecule has 0 saturated carbocycles. The summed E-state index contributed by atoms with van der Waals surface area (Å²) in [4.78, 5) is 2.31. The summed E-state index contributed by atoms with van der Waals surface area (Å²) in [5.41, 5.74) is 1.60. The van der Waals surface area contributed by atoms with Crippen molar-refractivity contribution in [1.82, 2.24) is 4.90 Å². The highest BCUT2D eigenvalue weighted by Gasteiger charge is 2.17. The third-order valence-corrected chi connectivity index (χ3v) is 3.20. The lowest BCUT2D eigenvalue weighted by Crippen LogP contribution is -2.36. The first kappa shape index (κ1) is 11.4. The Morgan fingerprint density at radius 1 is 1.31 bits per heavy atom. The van der Waals surface area contributed by atoms with Crippen LogP contribution < -0.4 is 5.32 Å². The van der Waals surface area contributed by atoms with E-state index in [-0.39, 0.29) is 5.82 Å². The van der Waals surface area contributed by atoms with Gasteiger partial charge in [-0.3, -0.25) is 0 Å². The topological polar surface area (TPSA) is 15.3 Å². The summed E-state index contributed by atoms with van der Waals surface area (Å²) < 4.78 is 13.6. The maximum Gasteiger partial charge on any atom is 0.146 e. The lowest BCUT2D eigenvalue weighted by atomic mass is 10.0. The van der Waals surface area contributed by atoms with Gasteiger partial charge in [0.05, 0.1) is 5.69 Å². The number of rotatable bonds is 2. The predicted octanol–water partition coefficient (Wildman–Crippen LogP) is 2.64. The molecular weight excluding hydrogens is 203 g/mol. The van der Waals surface area contributed by atoms with Crippen LogP contribution in [0.4, 0.5) is 10.1 Å². The van der Waals surface area contributed by atoms with Crippen LogP contribution in [0.2, 0.25) is 0 Å². The minimum Gasteiger partial charge on any atom is -0.380 e. The minimum atomic E-state index is -0.140. The summed E-state index contributed by atoms with van der Waals surface area (Å²) >= 11 is 0. The zero-order valence-corrected chi connectivity index (χ0v) is 9.96. The molecule has 0 aromatic heterocycles. The van der Waals surface area contributed by atoms with Gasteiger partial charge in [0.25, 0.3) is 0 Å². The molecule has 1 fully saturated rings. The Morgan fingerprint density at radius 3 is 2.62 bits per heavy atom. The van der Waals surface area contributed by atoms with E-state index in [9.17, 15) is 4.39 Å². The van der Waals surface area contributed by atoms with Crippen LogP contribution >= 0.6 is 0 Å². The number of hydrogen-bond acceptors (Lipinski definition) is 2. The molecular formula is C13H19FN2. The summed E-state index contributed by atoms with van der Waals surface area (Å²) in [5.74, 6) is -0.140. The molecule has 0 atom stereocenters. The quantitative estimate of drug-likeness (QED) is 0.827. The Kier molecular flexibility index (Phi) is 3.44. The molecule has 1 saturated heterocycles. The van der Waals surface area contributed by atoms with Gasteiger partial charge in [-0.15, -0.1) is 0 Å². The van der Waals surface area contributed by atoms with Crippen LogP contribution in [0, 0.1) is 12.7 Å². The van der Waals surface area contributed by atoms with E-state index in [2.05, 4.69) is 17.3 Å². The molecule has 16 heavy (non-hydrogen) atoms. The Bertz CT molecular complexity index is 357. The minimum absolute atomic E-state index is 0.140. The number of piperidine rings is 1. The Hall–Kier alpha value is -1.09. The van der Waals surface area contributed by atoms with Crippen LogP contribution in [0.5, 0.6) is 0 Å². The first-order valence-electron chi connectivity index (χ1n) is 5.86. The average Bonchev–Trinajstić information content (AvgIpc) is 2.25. The lowest BCUT2D eigenvalue weighted by molar-refractivity contribution is 0.263. The smallest absolute Gasteiger partial charge is 0.146 e. The van der Waals surface area contributed by atoms with Gasteiger partial charge in [-0.2, -0.15) is 0 Å². The van der Waals surface area contributed by atoms with Crippen molar-refractivity contribution in [1.29, 1.82) is 0 Å². The number of halogens is 1. The van der Waals surface area contributed by atoms with Gasteiger partial charge in [0.1, 0.15) is 5.82 Å². The molecule has 1 aliphatic heterocycles. The molecule has 2 nitrogen and oxygen atoms in total. The molecule has 0 spiro atoms. The highest BCUT2D eigenvalue weighted by atomic mass is 19.1. The third-order valence-electron chi connectivity index (χ3n) is 3.20. The SMILES string of the molecule is Cc1ccc(NC2CCN(C)CC2)c(F)c1. The second-order valence-corrected chi connectivity index (χ2v) is 4.71. The number of likely N-dealkylation sites (tertiary alicyclic amines) is 1. The standard InChI is InChI=1S/C13H19FN2/c1-10-3-4-13(12(14)9-10)15-11-5-7-16(2)8-6-11/h3-4,9,11,15H,5-8H2,1-2H3. The highest BCUT2D eigenvalue weighted by molar-refractivity contribution is 5.47. The second kappa shape index (κ2) is 4.83. The average molecular weight is 222 g/mol. The molecule has 0 amide bonds. The fraction of sp³-hybridized carbons (Fsp3) is 0.538. The van der Waals surface area contributed by atoms with E-state index in [1.165, 1.54) is 0 Å². The van der Waals surface area contributed by atoms with E-state index in [0.29, 0.717) is 11.7 Å². The molecule has 1 heterocycles. The fourth-order valence-corrected chi connectivity index (χ4v) is 2.11. The van der Waals surface area contributed by atoms with Crippen molar-refractivity contribution in [3.8, 4) is 0 Å². The normalized spacial score (nSPS) is 18.7. The zero-order valence-electron chi connectivity index (χ0n) is 9.96. The number of benzene rings is 1. The van der Waals surface area contributed by atoms with Crippen LogP contribution in [0.1, 0.15) is 18.4 Å². The van der Waals surface area contributed by atoms with Crippen molar-refractivity contribution >= 4 is 5.69 Å². The summed E-state index contributed by atoms with van der Waals surface area (Å²) in [7, 11) is 2.13. The van der Waals surface area contributed by atoms with E-state index in [1.54, 1.807) is 6.07 Å². The molecule has 3 heteroatoms. The first-order valence-corrected chi connectivity index (χ1v) is 5.86. The molecule has 0 radical (unpaired) electrons. The molecule has 1 N–H and O–H groups in total. The Morgan fingerprint density at radius 2 is 2.00 bits per heavy atom. The monoisotopic (exact) mass is 222 g/mol. The highest BCUT2D eigenvalue weighted by Crippen LogP contribution is 2.19. The molecule has 0 bridgehead atoms. The molecule has 1 aliphatic rings. The third kappa shape index (κ3) is 2.73. The van der Waals surface area contributed by atoms with E-state index in [0.717, 1.165) is 31.5 Å². The lowest BCUT2D eigenvalue weighted by Gasteiger charge is -2.30. The van der Waals surface area contributed by atoms with Gasteiger partial charge in [0.2, 0.25) is 0 Å². The van der Waals surface area contributed by atoms with Crippen LogP contribution in [-0.2, 0) is 0 Å². The second-order valence-electron chi connectivity index (χ2n) is 4.71. The maximum atomic E-state index is 13.6. The fourth-order valence-electron chi connectivity index (χ4n) is 2.11. The van der Waals surface area contributed by atoms with Crippen molar-refractivity contribution in [2.75, 3.05) is 25.5 Å². The number of nitrogens with zero attached hydrogens (tertiary/aromatic N) is 1. The van der Waals surface area contributed by atoms with Gasteiger partial charge in [-0.1, -0.05) is 6.07 Å². The van der Waals surface area contributed by atoms with Gasteiger partial charge in [0.15, 0.2) is 0 Å². The number of hydrogen-bond donors (Lipinski definition) is 1.